The first-order valence-electron chi connectivity index (χ1n) is 9.98. The Morgan fingerprint density at radius 3 is 2.42 bits per heavy atom. The summed E-state index contributed by atoms with van der Waals surface area (Å²) < 4.78 is 1.53. The molecule has 1 aromatic heterocycles. The number of halogens is 1. The van der Waals surface area contributed by atoms with Crippen molar-refractivity contribution in [1.29, 1.82) is 0 Å². The molecule has 2 amide bonds. The minimum absolute atomic E-state index is 0.0326. The van der Waals surface area contributed by atoms with Gasteiger partial charge in [-0.1, -0.05) is 53.7 Å². The molecule has 0 fully saturated rings. The van der Waals surface area contributed by atoms with E-state index in [1.54, 1.807) is 36.4 Å². The average Bonchev–Trinajstić information content (AvgIpc) is 2.81. The molecule has 0 aliphatic heterocycles. The van der Waals surface area contributed by atoms with Gasteiger partial charge in [0.05, 0.1) is 23.2 Å². The maximum atomic E-state index is 13.2. The monoisotopic (exact) mass is 478 g/mol. The number of rotatable bonds is 7. The SMILES string of the molecule is NC(=O)c1ccc(NC(=O)CSc2nc3ccccc3c(=O)n2Cc2ccccc2Cl)cc1. The summed E-state index contributed by atoms with van der Waals surface area (Å²) in [4.78, 5) is 41.5. The summed E-state index contributed by atoms with van der Waals surface area (Å²) in [5.74, 6) is -0.786. The van der Waals surface area contributed by atoms with Gasteiger partial charge in [-0.15, -0.1) is 0 Å². The summed E-state index contributed by atoms with van der Waals surface area (Å²) >= 11 is 7.47. The first-order valence-corrected chi connectivity index (χ1v) is 11.3. The second kappa shape index (κ2) is 9.89. The lowest BCUT2D eigenvalue weighted by Gasteiger charge is -2.14. The van der Waals surface area contributed by atoms with E-state index in [1.165, 1.54) is 16.7 Å². The number of primary amides is 1. The van der Waals surface area contributed by atoms with Crippen LogP contribution in [0, 0.1) is 0 Å². The third-order valence-electron chi connectivity index (χ3n) is 4.90. The lowest BCUT2D eigenvalue weighted by atomic mass is 10.2. The number of carbonyl (C=O) groups is 2. The van der Waals surface area contributed by atoms with Crippen molar-refractivity contribution in [2.24, 2.45) is 5.73 Å². The molecule has 0 saturated carbocycles. The van der Waals surface area contributed by atoms with Crippen molar-refractivity contribution in [3.8, 4) is 0 Å². The van der Waals surface area contributed by atoms with Crippen molar-refractivity contribution >= 4 is 51.8 Å². The number of nitrogens with one attached hydrogen (secondary N) is 1. The second-order valence-corrected chi connectivity index (χ2v) is 8.52. The number of hydrogen-bond acceptors (Lipinski definition) is 5. The van der Waals surface area contributed by atoms with E-state index in [9.17, 15) is 14.4 Å². The summed E-state index contributed by atoms with van der Waals surface area (Å²) in [7, 11) is 0. The quantitative estimate of drug-likeness (QED) is 0.309. The zero-order valence-corrected chi connectivity index (χ0v) is 18.9. The smallest absolute Gasteiger partial charge is 0.262 e. The molecule has 0 spiro atoms. The number of aromatic nitrogens is 2. The Morgan fingerprint density at radius 2 is 1.70 bits per heavy atom. The van der Waals surface area contributed by atoms with Gasteiger partial charge in [-0.2, -0.15) is 0 Å². The van der Waals surface area contributed by atoms with Crippen LogP contribution in [-0.4, -0.2) is 27.1 Å². The molecule has 0 aliphatic rings. The largest absolute Gasteiger partial charge is 0.366 e. The van der Waals surface area contributed by atoms with Crippen LogP contribution >= 0.6 is 23.4 Å². The summed E-state index contributed by atoms with van der Waals surface area (Å²) in [6, 6.07) is 20.7. The molecular weight excluding hydrogens is 460 g/mol. The van der Waals surface area contributed by atoms with Crippen LogP contribution < -0.4 is 16.6 Å². The van der Waals surface area contributed by atoms with Crippen LogP contribution in [-0.2, 0) is 11.3 Å². The molecule has 3 N–H and O–H groups in total. The topological polar surface area (TPSA) is 107 Å². The number of carbonyl (C=O) groups excluding carboxylic acids is 2. The first-order chi connectivity index (χ1) is 15.9. The number of hydrogen-bond donors (Lipinski definition) is 2. The van der Waals surface area contributed by atoms with E-state index in [4.69, 9.17) is 17.3 Å². The van der Waals surface area contributed by atoms with Crippen LogP contribution in [0.15, 0.2) is 82.7 Å². The molecule has 0 atom stereocenters. The van der Waals surface area contributed by atoms with E-state index in [1.807, 2.05) is 24.3 Å². The lowest BCUT2D eigenvalue weighted by Crippen LogP contribution is -2.25. The highest BCUT2D eigenvalue weighted by atomic mass is 35.5. The molecule has 0 saturated heterocycles. The number of fused-ring (bicyclic) bond motifs is 1. The Balaban J connectivity index is 1.58. The van der Waals surface area contributed by atoms with Crippen LogP contribution in [0.4, 0.5) is 5.69 Å². The molecule has 0 aliphatic carbocycles. The second-order valence-electron chi connectivity index (χ2n) is 7.17. The van der Waals surface area contributed by atoms with Gasteiger partial charge in [0.25, 0.3) is 5.56 Å². The summed E-state index contributed by atoms with van der Waals surface area (Å²) in [5.41, 5.74) is 7.25. The van der Waals surface area contributed by atoms with Gasteiger partial charge in [-0.05, 0) is 48.0 Å². The van der Waals surface area contributed by atoms with Crippen LogP contribution in [0.1, 0.15) is 15.9 Å². The zero-order chi connectivity index (χ0) is 23.4. The van der Waals surface area contributed by atoms with E-state index in [2.05, 4.69) is 10.3 Å². The Morgan fingerprint density at radius 1 is 1.00 bits per heavy atom. The molecule has 3 aromatic carbocycles. The number of thioether (sulfide) groups is 1. The molecule has 166 valence electrons. The molecule has 0 unspecified atom stereocenters. The first kappa shape index (κ1) is 22.6. The van der Waals surface area contributed by atoms with Crippen LogP contribution in [0.25, 0.3) is 10.9 Å². The Bertz CT molecular complexity index is 1400. The van der Waals surface area contributed by atoms with Crippen molar-refractivity contribution in [2.45, 2.75) is 11.7 Å². The Kier molecular flexibility index (Phi) is 6.76. The number of benzene rings is 3. The summed E-state index contributed by atoms with van der Waals surface area (Å²) in [6.45, 7) is 0.231. The minimum Gasteiger partial charge on any atom is -0.366 e. The summed E-state index contributed by atoms with van der Waals surface area (Å²) in [6.07, 6.45) is 0. The minimum atomic E-state index is -0.540. The summed E-state index contributed by atoms with van der Waals surface area (Å²) in [5, 5.41) is 4.22. The van der Waals surface area contributed by atoms with Gasteiger partial charge in [0, 0.05) is 16.3 Å². The van der Waals surface area contributed by atoms with E-state index in [-0.39, 0.29) is 23.8 Å². The highest BCUT2D eigenvalue weighted by Crippen LogP contribution is 2.22. The van der Waals surface area contributed by atoms with Gasteiger partial charge in [0.1, 0.15) is 0 Å². The molecule has 7 nitrogen and oxygen atoms in total. The number of nitrogens with two attached hydrogens (primary N) is 1. The van der Waals surface area contributed by atoms with Crippen LogP contribution in [0.3, 0.4) is 0 Å². The number of amides is 2. The van der Waals surface area contributed by atoms with Crippen molar-refractivity contribution in [1.82, 2.24) is 9.55 Å². The third-order valence-corrected chi connectivity index (χ3v) is 6.24. The van der Waals surface area contributed by atoms with Crippen molar-refractivity contribution in [3.05, 3.63) is 99.3 Å². The lowest BCUT2D eigenvalue weighted by molar-refractivity contribution is -0.113. The maximum Gasteiger partial charge on any atom is 0.262 e. The van der Waals surface area contributed by atoms with Gasteiger partial charge >= 0.3 is 0 Å². The van der Waals surface area contributed by atoms with Crippen LogP contribution in [0.2, 0.25) is 5.02 Å². The number of anilines is 1. The average molecular weight is 479 g/mol. The molecule has 33 heavy (non-hydrogen) atoms. The molecule has 9 heteroatoms. The third kappa shape index (κ3) is 5.24. The van der Waals surface area contributed by atoms with Crippen LogP contribution in [0.5, 0.6) is 0 Å². The Labute approximate surface area is 198 Å². The fourth-order valence-corrected chi connectivity index (χ4v) is 4.23. The molecule has 0 bridgehead atoms. The molecule has 0 radical (unpaired) electrons. The highest BCUT2D eigenvalue weighted by molar-refractivity contribution is 7.99. The normalized spacial score (nSPS) is 10.8. The predicted molar refractivity (Wildman–Crippen MR) is 131 cm³/mol. The Hall–Kier alpha value is -3.62. The predicted octanol–water partition coefficient (Wildman–Crippen LogP) is 3.93. The molecule has 1 heterocycles. The number of para-hydroxylation sites is 1. The van der Waals surface area contributed by atoms with Gasteiger partial charge in [-0.25, -0.2) is 4.98 Å². The van der Waals surface area contributed by atoms with Gasteiger partial charge in [0.2, 0.25) is 11.8 Å². The van der Waals surface area contributed by atoms with Crippen molar-refractivity contribution in [3.63, 3.8) is 0 Å². The van der Waals surface area contributed by atoms with E-state index in [0.29, 0.717) is 32.3 Å². The fourth-order valence-electron chi connectivity index (χ4n) is 3.24. The van der Waals surface area contributed by atoms with E-state index < -0.39 is 5.91 Å². The molecular formula is C24H19ClN4O3S. The van der Waals surface area contributed by atoms with E-state index >= 15 is 0 Å². The molecule has 4 rings (SSSR count). The van der Waals surface area contributed by atoms with Gasteiger partial charge in [-0.3, -0.25) is 19.0 Å². The van der Waals surface area contributed by atoms with Crippen molar-refractivity contribution < 1.29 is 9.59 Å². The zero-order valence-electron chi connectivity index (χ0n) is 17.3. The molecule has 4 aromatic rings. The van der Waals surface area contributed by atoms with Gasteiger partial charge < -0.3 is 11.1 Å². The van der Waals surface area contributed by atoms with E-state index in [0.717, 1.165) is 17.3 Å². The van der Waals surface area contributed by atoms with Gasteiger partial charge in [0.15, 0.2) is 5.16 Å². The van der Waals surface area contributed by atoms with Crippen molar-refractivity contribution in [2.75, 3.05) is 11.1 Å². The maximum absolute atomic E-state index is 13.2. The fraction of sp³-hybridized carbons (Fsp3) is 0.0833. The highest BCUT2D eigenvalue weighted by Gasteiger charge is 2.15. The standard InChI is InChI=1S/C24H19ClN4O3S/c25-19-7-3-1-5-16(19)13-29-23(32)18-6-2-4-8-20(18)28-24(29)33-14-21(30)27-17-11-9-15(10-12-17)22(26)31/h1-12H,13-14H2,(H2,26,31)(H,27,30). The number of nitrogens with zero attached hydrogens (tertiary/aromatic N) is 2.